The number of sulfonamides is 1. The number of hydrogen-bond donors (Lipinski definition) is 2. The first-order valence-corrected chi connectivity index (χ1v) is 13.2. The van der Waals surface area contributed by atoms with Crippen LogP contribution in [0.2, 0.25) is 0 Å². The molecule has 198 valence electrons. The number of aliphatic hydroxyl groups excluding tert-OH is 1. The van der Waals surface area contributed by atoms with E-state index in [0.717, 1.165) is 5.52 Å². The fourth-order valence-electron chi connectivity index (χ4n) is 4.15. The number of hydrogen-bond acceptors (Lipinski definition) is 9. The van der Waals surface area contributed by atoms with Gasteiger partial charge in [0.15, 0.2) is 5.76 Å². The summed E-state index contributed by atoms with van der Waals surface area (Å²) >= 11 is 0. The van der Waals surface area contributed by atoms with E-state index in [0.29, 0.717) is 34.4 Å². The Morgan fingerprint density at radius 2 is 1.71 bits per heavy atom. The normalized spacial score (nSPS) is 13.4. The first kappa shape index (κ1) is 25.3. The number of furan rings is 1. The summed E-state index contributed by atoms with van der Waals surface area (Å²) in [7, 11) is -1.26. The molecule has 0 radical (unpaired) electrons. The fraction of sp³-hybridized carbons (Fsp3) is 0.240. The SMILES string of the molecule is COc1cccc(OC)c1-n1c(NS(=O)(=O)[C@@H](C)[C@@H](O)c2cccc3ccnn23)nnc1-c1ccc(C)o1. The molecule has 13 heteroatoms. The molecule has 12 nitrogen and oxygen atoms in total. The van der Waals surface area contributed by atoms with Crippen molar-refractivity contribution in [1.82, 2.24) is 24.4 Å². The number of benzene rings is 1. The summed E-state index contributed by atoms with van der Waals surface area (Å²) in [4.78, 5) is 0. The molecule has 0 spiro atoms. The molecular formula is C25H26N6O6S. The molecule has 5 rings (SSSR count). The average molecular weight is 539 g/mol. The van der Waals surface area contributed by atoms with Gasteiger partial charge >= 0.3 is 0 Å². The molecule has 5 aromatic rings. The Kier molecular flexibility index (Phi) is 6.55. The van der Waals surface area contributed by atoms with Gasteiger partial charge in [0, 0.05) is 6.20 Å². The molecule has 0 fully saturated rings. The van der Waals surface area contributed by atoms with E-state index >= 15 is 0 Å². The molecule has 38 heavy (non-hydrogen) atoms. The molecular weight excluding hydrogens is 512 g/mol. The quantitative estimate of drug-likeness (QED) is 0.288. The number of methoxy groups -OCH3 is 2. The molecule has 1 aromatic carbocycles. The minimum atomic E-state index is -4.22. The summed E-state index contributed by atoms with van der Waals surface area (Å²) in [6.07, 6.45) is 0.171. The topological polar surface area (TPSA) is 146 Å². The molecule has 0 saturated carbocycles. The number of aryl methyl sites for hydroxylation is 1. The summed E-state index contributed by atoms with van der Waals surface area (Å²) in [6, 6.07) is 15.5. The number of ether oxygens (including phenoxy) is 2. The number of para-hydroxylation sites is 1. The molecule has 0 aliphatic heterocycles. The van der Waals surface area contributed by atoms with Crippen LogP contribution < -0.4 is 14.2 Å². The van der Waals surface area contributed by atoms with Crippen LogP contribution >= 0.6 is 0 Å². The van der Waals surface area contributed by atoms with Crippen molar-refractivity contribution in [2.75, 3.05) is 18.9 Å². The predicted octanol–water partition coefficient (Wildman–Crippen LogP) is 3.36. The lowest BCUT2D eigenvalue weighted by atomic mass is 10.2. The lowest BCUT2D eigenvalue weighted by Crippen LogP contribution is -2.32. The van der Waals surface area contributed by atoms with Gasteiger partial charge in [0.1, 0.15) is 34.3 Å². The van der Waals surface area contributed by atoms with Crippen molar-refractivity contribution >= 4 is 21.5 Å². The van der Waals surface area contributed by atoms with Crippen molar-refractivity contribution in [1.29, 1.82) is 0 Å². The van der Waals surface area contributed by atoms with E-state index in [-0.39, 0.29) is 11.8 Å². The predicted molar refractivity (Wildman–Crippen MR) is 139 cm³/mol. The Morgan fingerprint density at radius 1 is 1.00 bits per heavy atom. The molecule has 0 unspecified atom stereocenters. The van der Waals surface area contributed by atoms with Gasteiger partial charge in [0.05, 0.1) is 25.4 Å². The highest BCUT2D eigenvalue weighted by atomic mass is 32.2. The van der Waals surface area contributed by atoms with Crippen LogP contribution in [0.15, 0.2) is 65.2 Å². The van der Waals surface area contributed by atoms with E-state index in [2.05, 4.69) is 20.0 Å². The van der Waals surface area contributed by atoms with E-state index < -0.39 is 21.4 Å². The van der Waals surface area contributed by atoms with E-state index in [1.807, 2.05) is 6.07 Å². The van der Waals surface area contributed by atoms with Crippen molar-refractivity contribution in [3.8, 4) is 28.8 Å². The van der Waals surface area contributed by atoms with Gasteiger partial charge in [-0.2, -0.15) is 5.10 Å². The number of nitrogens with zero attached hydrogens (tertiary/aromatic N) is 5. The molecule has 4 heterocycles. The minimum Gasteiger partial charge on any atom is -0.494 e. The second-order valence-corrected chi connectivity index (χ2v) is 10.6. The van der Waals surface area contributed by atoms with Crippen molar-refractivity contribution < 1.29 is 27.4 Å². The van der Waals surface area contributed by atoms with Crippen molar-refractivity contribution in [2.24, 2.45) is 0 Å². The zero-order valence-corrected chi connectivity index (χ0v) is 21.9. The molecule has 2 N–H and O–H groups in total. The number of pyridine rings is 1. The number of rotatable bonds is 9. The highest BCUT2D eigenvalue weighted by Crippen LogP contribution is 2.38. The third kappa shape index (κ3) is 4.35. The van der Waals surface area contributed by atoms with Gasteiger partial charge in [0.25, 0.3) is 0 Å². The van der Waals surface area contributed by atoms with Crippen LogP contribution in [0.5, 0.6) is 11.5 Å². The Morgan fingerprint density at radius 3 is 2.37 bits per heavy atom. The van der Waals surface area contributed by atoms with Gasteiger partial charge in [-0.3, -0.25) is 9.29 Å². The number of nitrogens with one attached hydrogen (secondary N) is 1. The maximum atomic E-state index is 13.6. The summed E-state index contributed by atoms with van der Waals surface area (Å²) in [5.74, 6) is 1.82. The molecule has 2 atom stereocenters. The van der Waals surface area contributed by atoms with Crippen molar-refractivity contribution in [3.63, 3.8) is 0 Å². The molecule has 4 aromatic heterocycles. The molecule has 0 aliphatic carbocycles. The monoisotopic (exact) mass is 538 g/mol. The van der Waals surface area contributed by atoms with Gasteiger partial charge in [-0.05, 0) is 56.3 Å². The largest absolute Gasteiger partial charge is 0.494 e. The Balaban J connectivity index is 1.60. The van der Waals surface area contributed by atoms with Gasteiger partial charge in [-0.25, -0.2) is 12.9 Å². The van der Waals surface area contributed by atoms with Crippen LogP contribution in [0.3, 0.4) is 0 Å². The zero-order chi connectivity index (χ0) is 27.0. The van der Waals surface area contributed by atoms with Crippen LogP contribution in [0.4, 0.5) is 5.95 Å². The number of aromatic nitrogens is 5. The zero-order valence-electron chi connectivity index (χ0n) is 21.1. The highest BCUT2D eigenvalue weighted by molar-refractivity contribution is 7.93. The maximum Gasteiger partial charge on any atom is 0.243 e. The highest BCUT2D eigenvalue weighted by Gasteiger charge is 2.34. The lowest BCUT2D eigenvalue weighted by Gasteiger charge is -2.22. The third-order valence-corrected chi connectivity index (χ3v) is 7.87. The number of aliphatic hydroxyl groups is 1. The van der Waals surface area contributed by atoms with E-state index in [9.17, 15) is 13.5 Å². The lowest BCUT2D eigenvalue weighted by molar-refractivity contribution is 0.168. The van der Waals surface area contributed by atoms with E-state index in [4.69, 9.17) is 13.9 Å². The van der Waals surface area contributed by atoms with Crippen LogP contribution in [-0.4, -0.2) is 57.4 Å². The van der Waals surface area contributed by atoms with Crippen LogP contribution in [0.25, 0.3) is 22.8 Å². The van der Waals surface area contributed by atoms with Crippen LogP contribution in [0.1, 0.15) is 24.5 Å². The van der Waals surface area contributed by atoms with Gasteiger partial charge < -0.3 is 19.0 Å². The maximum absolute atomic E-state index is 13.6. The Hall–Kier alpha value is -4.36. The number of anilines is 1. The summed E-state index contributed by atoms with van der Waals surface area (Å²) in [5.41, 5.74) is 1.41. The summed E-state index contributed by atoms with van der Waals surface area (Å²) in [5, 5.41) is 22.3. The van der Waals surface area contributed by atoms with Crippen LogP contribution in [-0.2, 0) is 10.0 Å². The van der Waals surface area contributed by atoms with Crippen LogP contribution in [0, 0.1) is 6.92 Å². The van der Waals surface area contributed by atoms with Gasteiger partial charge in [-0.1, -0.05) is 12.1 Å². The average Bonchev–Trinajstić information content (AvgIpc) is 3.66. The second-order valence-electron chi connectivity index (χ2n) is 8.52. The summed E-state index contributed by atoms with van der Waals surface area (Å²) < 4.78 is 49.4. The van der Waals surface area contributed by atoms with Crippen molar-refractivity contribution in [3.05, 3.63) is 72.2 Å². The second kappa shape index (κ2) is 9.84. The van der Waals surface area contributed by atoms with Gasteiger partial charge in [0.2, 0.25) is 21.8 Å². The standard InChI is InChI=1S/C25H26N6O6S/c1-15-11-12-21(37-15)24-27-28-25(30(24)22-19(35-3)9-6-10-20(22)36-4)29-38(33,34)16(2)23(32)18-8-5-7-17-13-14-26-31(17)18/h5-14,16,23,32H,1-4H3,(H,28,29)/t16-,23+/m0/s1. The third-order valence-electron chi connectivity index (χ3n) is 6.17. The molecule has 0 bridgehead atoms. The van der Waals surface area contributed by atoms with Crippen molar-refractivity contribution in [2.45, 2.75) is 25.2 Å². The molecule has 0 saturated heterocycles. The Labute approximate surface area is 218 Å². The first-order chi connectivity index (χ1) is 18.2. The van der Waals surface area contributed by atoms with E-state index in [1.54, 1.807) is 61.7 Å². The van der Waals surface area contributed by atoms with Gasteiger partial charge in [-0.15, -0.1) is 10.2 Å². The Bertz CT molecular complexity index is 1680. The first-order valence-electron chi connectivity index (χ1n) is 11.6. The smallest absolute Gasteiger partial charge is 0.243 e. The fourth-order valence-corrected chi connectivity index (χ4v) is 5.21. The summed E-state index contributed by atoms with van der Waals surface area (Å²) in [6.45, 7) is 3.18. The molecule has 0 amide bonds. The van der Waals surface area contributed by atoms with E-state index in [1.165, 1.54) is 30.2 Å². The minimum absolute atomic E-state index is 0.145. The molecule has 0 aliphatic rings. The number of fused-ring (bicyclic) bond motifs is 1.